The molecule has 0 aliphatic heterocycles. The van der Waals surface area contributed by atoms with Crippen LogP contribution < -0.4 is 0 Å². The molecule has 1 atom stereocenters. The average molecular weight is 951 g/mol. The van der Waals surface area contributed by atoms with Crippen molar-refractivity contribution in [1.29, 1.82) is 0 Å². The fourth-order valence-corrected chi connectivity index (χ4v) is 6.90. The Morgan fingerprint density at radius 2 is 0.652 bits per heavy atom. The van der Waals surface area contributed by atoms with Gasteiger partial charge in [0.05, 0.1) is 0 Å². The zero-order chi connectivity index (χ0) is 50.0. The molecule has 0 aromatic rings. The maximum Gasteiger partial charge on any atom is 0.306 e. The van der Waals surface area contributed by atoms with Crippen LogP contribution in [0.4, 0.5) is 0 Å². The number of hydrogen-bond acceptors (Lipinski definition) is 6. The Labute approximate surface area is 423 Å². The summed E-state index contributed by atoms with van der Waals surface area (Å²) in [7, 11) is 0. The van der Waals surface area contributed by atoms with Crippen molar-refractivity contribution >= 4 is 17.9 Å². The molecule has 69 heavy (non-hydrogen) atoms. The number of esters is 3. The third-order valence-electron chi connectivity index (χ3n) is 11.0. The Morgan fingerprint density at radius 1 is 0.319 bits per heavy atom. The fourth-order valence-electron chi connectivity index (χ4n) is 6.90. The van der Waals surface area contributed by atoms with Crippen LogP contribution in [0.15, 0.2) is 146 Å². The molecule has 0 aromatic heterocycles. The molecule has 0 saturated carbocycles. The second-order valence-corrected chi connectivity index (χ2v) is 17.5. The smallest absolute Gasteiger partial charge is 0.306 e. The molecule has 0 heterocycles. The van der Waals surface area contributed by atoms with Crippen LogP contribution in [-0.4, -0.2) is 37.2 Å². The molecule has 0 bridgehead atoms. The van der Waals surface area contributed by atoms with E-state index in [4.69, 9.17) is 14.2 Å². The summed E-state index contributed by atoms with van der Waals surface area (Å²) in [6.45, 7) is 6.24. The first-order valence-electron chi connectivity index (χ1n) is 27.4. The third kappa shape index (κ3) is 54.1. The molecule has 6 heteroatoms. The molecule has 0 spiro atoms. The summed E-state index contributed by atoms with van der Waals surface area (Å²) in [5.41, 5.74) is 0. The second kappa shape index (κ2) is 55.9. The Kier molecular flexibility index (Phi) is 52.1. The van der Waals surface area contributed by atoms with Crippen LogP contribution in [-0.2, 0) is 28.6 Å². The van der Waals surface area contributed by atoms with Crippen molar-refractivity contribution < 1.29 is 28.6 Å². The SMILES string of the molecule is CC/C=C/C=C/C=C/C=C/C=C/CCCC(=O)OCC(COC(=O)CCCCC/C=C/C/C=C/C/C=C/C/C=C/C/C=C/CC)OC(=O)CCCCCCCCCCCC/C=C/C=C/CCCCC. The lowest BCUT2D eigenvalue weighted by atomic mass is 10.1. The van der Waals surface area contributed by atoms with Gasteiger partial charge in [0.2, 0.25) is 0 Å². The van der Waals surface area contributed by atoms with E-state index in [0.29, 0.717) is 19.3 Å². The zero-order valence-electron chi connectivity index (χ0n) is 44.0. The van der Waals surface area contributed by atoms with Gasteiger partial charge in [-0.15, -0.1) is 0 Å². The maximum absolute atomic E-state index is 12.8. The number of hydrogen-bond donors (Lipinski definition) is 0. The topological polar surface area (TPSA) is 78.9 Å². The lowest BCUT2D eigenvalue weighted by Crippen LogP contribution is -2.30. The van der Waals surface area contributed by atoms with E-state index in [1.165, 1.54) is 77.0 Å². The van der Waals surface area contributed by atoms with Gasteiger partial charge in [-0.25, -0.2) is 0 Å². The standard InChI is InChI=1S/C63H98O6/c1-4-7-10-13-16-19-22-25-27-29-31-33-35-38-41-44-47-50-53-56-62(65)68-59-60(58-67-61(64)55-52-49-46-43-40-37-24-21-18-15-12-9-6-3)69-63(66)57-54-51-48-45-42-39-36-34-32-30-28-26-23-20-17-14-11-8-5-2/h7,9-10,12,15-21,23-27,31,33,37-38,40-41,43,46,60H,4-6,8,11,13-14,22,28-30,32,34-36,39,42,44-45,47-59H2,1-3H3/b10-7+,12-9+,18-15+,19-16+,20-17+,24-21+,26-23+,27-25+,33-31+,40-37+,41-38+,46-43+. The number of allylic oxidation sites excluding steroid dienone is 24. The highest BCUT2D eigenvalue weighted by atomic mass is 16.6. The molecule has 0 saturated heterocycles. The van der Waals surface area contributed by atoms with Crippen LogP contribution in [0.25, 0.3) is 0 Å². The van der Waals surface area contributed by atoms with Crippen LogP contribution in [0.2, 0.25) is 0 Å². The normalized spacial score (nSPS) is 13.3. The molecule has 0 aliphatic rings. The Hall–Kier alpha value is -4.71. The second-order valence-electron chi connectivity index (χ2n) is 17.5. The number of unbranched alkanes of at least 4 members (excludes halogenated alkanes) is 17. The third-order valence-corrected chi connectivity index (χ3v) is 11.0. The molecular formula is C63H98O6. The molecule has 6 nitrogen and oxygen atoms in total. The van der Waals surface area contributed by atoms with Gasteiger partial charge in [0, 0.05) is 19.3 Å². The molecule has 0 rings (SSSR count). The monoisotopic (exact) mass is 951 g/mol. The lowest BCUT2D eigenvalue weighted by molar-refractivity contribution is -0.167. The predicted molar refractivity (Wildman–Crippen MR) is 297 cm³/mol. The van der Waals surface area contributed by atoms with Crippen LogP contribution in [0.3, 0.4) is 0 Å². The van der Waals surface area contributed by atoms with E-state index in [1.54, 1.807) is 0 Å². The predicted octanol–water partition coefficient (Wildman–Crippen LogP) is 18.4. The van der Waals surface area contributed by atoms with Crippen molar-refractivity contribution in [2.45, 2.75) is 219 Å². The first-order chi connectivity index (χ1) is 34.0. The summed E-state index contributed by atoms with van der Waals surface area (Å²) in [5.74, 6) is -1.04. The summed E-state index contributed by atoms with van der Waals surface area (Å²) in [4.78, 5) is 38.1. The fraction of sp³-hybridized carbons (Fsp3) is 0.571. The van der Waals surface area contributed by atoms with Gasteiger partial charge in [-0.2, -0.15) is 0 Å². The van der Waals surface area contributed by atoms with Crippen molar-refractivity contribution in [3.8, 4) is 0 Å². The maximum atomic E-state index is 12.8. The number of ether oxygens (including phenoxy) is 3. The van der Waals surface area contributed by atoms with Gasteiger partial charge in [-0.05, 0) is 103 Å². The summed E-state index contributed by atoms with van der Waals surface area (Å²) >= 11 is 0. The Bertz CT molecular complexity index is 1560. The van der Waals surface area contributed by atoms with E-state index in [-0.39, 0.29) is 37.5 Å². The van der Waals surface area contributed by atoms with Gasteiger partial charge in [0.1, 0.15) is 13.2 Å². The number of carbonyl (C=O) groups is 3. The van der Waals surface area contributed by atoms with Crippen molar-refractivity contribution in [3.05, 3.63) is 146 Å². The van der Waals surface area contributed by atoms with E-state index in [9.17, 15) is 14.4 Å². The van der Waals surface area contributed by atoms with Gasteiger partial charge >= 0.3 is 17.9 Å². The molecule has 0 aliphatic carbocycles. The van der Waals surface area contributed by atoms with E-state index in [1.807, 2.05) is 54.7 Å². The van der Waals surface area contributed by atoms with Crippen LogP contribution >= 0.6 is 0 Å². The minimum absolute atomic E-state index is 0.125. The van der Waals surface area contributed by atoms with E-state index >= 15 is 0 Å². The van der Waals surface area contributed by atoms with Crippen molar-refractivity contribution in [2.24, 2.45) is 0 Å². The van der Waals surface area contributed by atoms with E-state index in [0.717, 1.165) is 89.9 Å². The number of rotatable bonds is 47. The van der Waals surface area contributed by atoms with E-state index < -0.39 is 6.10 Å². The summed E-state index contributed by atoms with van der Waals surface area (Å²) in [5, 5.41) is 0. The molecule has 386 valence electrons. The molecule has 0 N–H and O–H groups in total. The number of carbonyl (C=O) groups excluding carboxylic acids is 3. The van der Waals surface area contributed by atoms with Gasteiger partial charge in [-0.1, -0.05) is 237 Å². The molecule has 1 unspecified atom stereocenters. The first kappa shape index (κ1) is 64.3. The quantitative estimate of drug-likeness (QED) is 0.0199. The van der Waals surface area contributed by atoms with Crippen molar-refractivity contribution in [2.75, 3.05) is 13.2 Å². The highest BCUT2D eigenvalue weighted by molar-refractivity contribution is 5.71. The van der Waals surface area contributed by atoms with Crippen LogP contribution in [0.5, 0.6) is 0 Å². The molecular weight excluding hydrogens is 853 g/mol. The zero-order valence-corrected chi connectivity index (χ0v) is 44.0. The largest absolute Gasteiger partial charge is 0.462 e. The summed E-state index contributed by atoms with van der Waals surface area (Å²) in [6.07, 6.45) is 79.8. The van der Waals surface area contributed by atoms with Gasteiger partial charge in [0.15, 0.2) is 6.10 Å². The molecule has 0 aromatic carbocycles. The minimum atomic E-state index is -0.829. The van der Waals surface area contributed by atoms with Gasteiger partial charge in [0.25, 0.3) is 0 Å². The molecule has 0 fully saturated rings. The molecule has 0 radical (unpaired) electrons. The summed E-state index contributed by atoms with van der Waals surface area (Å²) in [6, 6.07) is 0. The highest BCUT2D eigenvalue weighted by Crippen LogP contribution is 2.14. The van der Waals surface area contributed by atoms with Gasteiger partial charge < -0.3 is 14.2 Å². The van der Waals surface area contributed by atoms with E-state index in [2.05, 4.69) is 112 Å². The minimum Gasteiger partial charge on any atom is -0.462 e. The Morgan fingerprint density at radius 3 is 1.14 bits per heavy atom. The van der Waals surface area contributed by atoms with Crippen molar-refractivity contribution in [1.82, 2.24) is 0 Å². The van der Waals surface area contributed by atoms with Crippen LogP contribution in [0.1, 0.15) is 213 Å². The molecule has 0 amide bonds. The van der Waals surface area contributed by atoms with Crippen molar-refractivity contribution in [3.63, 3.8) is 0 Å². The Balaban J connectivity index is 4.54. The van der Waals surface area contributed by atoms with Gasteiger partial charge in [-0.3, -0.25) is 14.4 Å². The lowest BCUT2D eigenvalue weighted by Gasteiger charge is -2.18. The van der Waals surface area contributed by atoms with Crippen LogP contribution in [0, 0.1) is 0 Å². The highest BCUT2D eigenvalue weighted by Gasteiger charge is 2.19. The first-order valence-corrected chi connectivity index (χ1v) is 27.4. The average Bonchev–Trinajstić information content (AvgIpc) is 3.35. The summed E-state index contributed by atoms with van der Waals surface area (Å²) < 4.78 is 16.7.